The fourth-order valence-corrected chi connectivity index (χ4v) is 2.07. The third-order valence-corrected chi connectivity index (χ3v) is 3.68. The van der Waals surface area contributed by atoms with Gasteiger partial charge in [0, 0.05) is 32.6 Å². The summed E-state index contributed by atoms with van der Waals surface area (Å²) in [5.41, 5.74) is -0.767. The predicted octanol–water partition coefficient (Wildman–Crippen LogP) is 0.786. The largest absolute Gasteiger partial charge is 0.388 e. The van der Waals surface area contributed by atoms with E-state index in [0.29, 0.717) is 43.6 Å². The lowest BCUT2D eigenvalue weighted by Crippen LogP contribution is -2.47. The van der Waals surface area contributed by atoms with Crippen molar-refractivity contribution in [3.63, 3.8) is 0 Å². The number of carbonyl (C=O) groups excluding carboxylic acids is 1. The summed E-state index contributed by atoms with van der Waals surface area (Å²) < 4.78 is 5.17. The van der Waals surface area contributed by atoms with Gasteiger partial charge in [-0.05, 0) is 5.25 Å². The van der Waals surface area contributed by atoms with E-state index in [-0.39, 0.29) is 5.91 Å². The summed E-state index contributed by atoms with van der Waals surface area (Å²) >= 11 is 1.61. The molecule has 4 nitrogen and oxygen atoms in total. The van der Waals surface area contributed by atoms with Crippen LogP contribution in [0.4, 0.5) is 0 Å². The van der Waals surface area contributed by atoms with Crippen LogP contribution in [-0.2, 0) is 9.53 Å². The third kappa shape index (κ3) is 5.18. The number of carbonyl (C=O) groups is 1. The first-order valence-corrected chi connectivity index (χ1v) is 6.75. The topological polar surface area (TPSA) is 58.6 Å². The molecule has 2 N–H and O–H groups in total. The second kappa shape index (κ2) is 6.47. The van der Waals surface area contributed by atoms with Crippen molar-refractivity contribution in [3.8, 4) is 0 Å². The maximum absolute atomic E-state index is 11.5. The molecule has 16 heavy (non-hydrogen) atoms. The van der Waals surface area contributed by atoms with Gasteiger partial charge in [-0.25, -0.2) is 0 Å². The van der Waals surface area contributed by atoms with E-state index < -0.39 is 5.60 Å². The normalized spacial score (nSPS) is 19.8. The number of amides is 1. The Morgan fingerprint density at radius 3 is 2.69 bits per heavy atom. The number of thioether (sulfide) groups is 1. The zero-order valence-electron chi connectivity index (χ0n) is 9.99. The first-order chi connectivity index (χ1) is 7.52. The molecule has 0 radical (unpaired) electrons. The highest BCUT2D eigenvalue weighted by Crippen LogP contribution is 2.19. The van der Waals surface area contributed by atoms with Crippen LogP contribution < -0.4 is 5.32 Å². The second-order valence-corrected chi connectivity index (χ2v) is 6.04. The average molecular weight is 247 g/mol. The minimum Gasteiger partial charge on any atom is -0.388 e. The number of hydrogen-bond donors (Lipinski definition) is 2. The second-order valence-electron chi connectivity index (χ2n) is 4.47. The van der Waals surface area contributed by atoms with Crippen LogP contribution in [0.2, 0.25) is 0 Å². The molecule has 0 atom stereocenters. The van der Waals surface area contributed by atoms with Crippen LogP contribution in [0.25, 0.3) is 0 Å². The van der Waals surface area contributed by atoms with Crippen LogP contribution >= 0.6 is 11.8 Å². The van der Waals surface area contributed by atoms with Crippen molar-refractivity contribution in [1.29, 1.82) is 0 Å². The summed E-state index contributed by atoms with van der Waals surface area (Å²) in [6, 6.07) is 0. The van der Waals surface area contributed by atoms with Gasteiger partial charge in [0.25, 0.3) is 0 Å². The first-order valence-electron chi connectivity index (χ1n) is 5.70. The van der Waals surface area contributed by atoms with Crippen molar-refractivity contribution in [1.82, 2.24) is 5.32 Å². The fourth-order valence-electron chi connectivity index (χ4n) is 1.48. The van der Waals surface area contributed by atoms with Crippen molar-refractivity contribution >= 4 is 17.7 Å². The Morgan fingerprint density at radius 1 is 1.50 bits per heavy atom. The molecule has 0 aromatic carbocycles. The molecule has 1 fully saturated rings. The Balaban J connectivity index is 2.19. The zero-order valence-corrected chi connectivity index (χ0v) is 10.8. The molecule has 1 aliphatic heterocycles. The zero-order chi connectivity index (χ0) is 12.0. The van der Waals surface area contributed by atoms with E-state index in [0.717, 1.165) is 0 Å². The predicted molar refractivity (Wildman–Crippen MR) is 65.6 cm³/mol. The summed E-state index contributed by atoms with van der Waals surface area (Å²) in [6.45, 7) is 5.61. The third-order valence-electron chi connectivity index (χ3n) is 2.59. The number of rotatable bonds is 5. The van der Waals surface area contributed by atoms with Crippen molar-refractivity contribution in [2.45, 2.75) is 37.5 Å². The number of ether oxygens (including phenoxy) is 1. The summed E-state index contributed by atoms with van der Waals surface area (Å²) in [5, 5.41) is 13.3. The van der Waals surface area contributed by atoms with Gasteiger partial charge in [0.1, 0.15) is 0 Å². The van der Waals surface area contributed by atoms with Gasteiger partial charge in [-0.15, -0.1) is 11.8 Å². The van der Waals surface area contributed by atoms with Gasteiger partial charge in [0.2, 0.25) is 5.91 Å². The lowest BCUT2D eigenvalue weighted by molar-refractivity contribution is -0.121. The molecular weight excluding hydrogens is 226 g/mol. The lowest BCUT2D eigenvalue weighted by Gasteiger charge is -2.32. The van der Waals surface area contributed by atoms with E-state index in [1.54, 1.807) is 11.8 Å². The van der Waals surface area contributed by atoms with Crippen molar-refractivity contribution in [2.75, 3.05) is 25.5 Å². The average Bonchev–Trinajstić information content (AvgIpc) is 2.25. The molecule has 94 valence electrons. The number of nitrogens with one attached hydrogen (secondary N) is 1. The van der Waals surface area contributed by atoms with E-state index in [9.17, 15) is 9.90 Å². The molecular formula is C11H21NO3S. The molecule has 0 aromatic rings. The van der Waals surface area contributed by atoms with Crippen LogP contribution in [0.3, 0.4) is 0 Å². The minimum atomic E-state index is -0.767. The highest BCUT2D eigenvalue weighted by Gasteiger charge is 2.29. The Morgan fingerprint density at radius 2 is 2.12 bits per heavy atom. The Bertz CT molecular complexity index is 227. The van der Waals surface area contributed by atoms with Crippen LogP contribution in [0, 0.1) is 0 Å². The van der Waals surface area contributed by atoms with Gasteiger partial charge in [-0.3, -0.25) is 4.79 Å². The lowest BCUT2D eigenvalue weighted by atomic mass is 9.94. The minimum absolute atomic E-state index is 0.00128. The highest BCUT2D eigenvalue weighted by molar-refractivity contribution is 8.00. The van der Waals surface area contributed by atoms with Gasteiger partial charge in [0.05, 0.1) is 11.4 Å². The Labute approximate surface area is 101 Å². The van der Waals surface area contributed by atoms with Crippen LogP contribution in [0.1, 0.15) is 26.7 Å². The summed E-state index contributed by atoms with van der Waals surface area (Å²) in [5.74, 6) is 0.461. The molecule has 0 unspecified atom stereocenters. The Kier molecular flexibility index (Phi) is 5.58. The van der Waals surface area contributed by atoms with Gasteiger partial charge in [0.15, 0.2) is 0 Å². The molecule has 0 bridgehead atoms. The van der Waals surface area contributed by atoms with Crippen LogP contribution in [0.5, 0.6) is 0 Å². The molecule has 0 aliphatic carbocycles. The van der Waals surface area contributed by atoms with Crippen molar-refractivity contribution in [2.24, 2.45) is 0 Å². The molecule has 1 aliphatic rings. The number of aliphatic hydroxyl groups is 1. The van der Waals surface area contributed by atoms with Gasteiger partial charge in [-0.1, -0.05) is 13.8 Å². The molecule has 0 saturated carbocycles. The maximum atomic E-state index is 11.5. The maximum Gasteiger partial charge on any atom is 0.230 e. The first kappa shape index (κ1) is 13.8. The summed E-state index contributed by atoms with van der Waals surface area (Å²) in [4.78, 5) is 11.5. The monoisotopic (exact) mass is 247 g/mol. The van der Waals surface area contributed by atoms with E-state index in [4.69, 9.17) is 4.74 Å². The highest BCUT2D eigenvalue weighted by atomic mass is 32.2. The van der Waals surface area contributed by atoms with Crippen LogP contribution in [-0.4, -0.2) is 47.4 Å². The molecule has 0 aromatic heterocycles. The molecule has 1 rings (SSSR count). The summed E-state index contributed by atoms with van der Waals surface area (Å²) in [7, 11) is 0. The molecule has 1 amide bonds. The van der Waals surface area contributed by atoms with Gasteiger partial charge < -0.3 is 15.2 Å². The van der Waals surface area contributed by atoms with E-state index in [1.165, 1.54) is 0 Å². The smallest absolute Gasteiger partial charge is 0.230 e. The summed E-state index contributed by atoms with van der Waals surface area (Å²) in [6.07, 6.45) is 1.20. The Hall–Kier alpha value is -0.260. The van der Waals surface area contributed by atoms with Gasteiger partial charge in [-0.2, -0.15) is 0 Å². The quantitative estimate of drug-likeness (QED) is 0.754. The van der Waals surface area contributed by atoms with E-state index >= 15 is 0 Å². The molecule has 1 saturated heterocycles. The number of hydrogen-bond acceptors (Lipinski definition) is 4. The van der Waals surface area contributed by atoms with Crippen molar-refractivity contribution < 1.29 is 14.6 Å². The fraction of sp³-hybridized carbons (Fsp3) is 0.909. The van der Waals surface area contributed by atoms with E-state index in [2.05, 4.69) is 19.2 Å². The SMILES string of the molecule is CC(C)SCC(=O)NCC1(O)CCOCC1. The molecule has 1 heterocycles. The van der Waals surface area contributed by atoms with E-state index in [1.807, 2.05) is 0 Å². The standard InChI is InChI=1S/C11H21NO3S/c1-9(2)16-7-10(13)12-8-11(14)3-5-15-6-4-11/h9,14H,3-8H2,1-2H3,(H,12,13). The van der Waals surface area contributed by atoms with Gasteiger partial charge >= 0.3 is 0 Å². The molecule has 0 spiro atoms. The van der Waals surface area contributed by atoms with Crippen LogP contribution in [0.15, 0.2) is 0 Å². The van der Waals surface area contributed by atoms with Crippen molar-refractivity contribution in [3.05, 3.63) is 0 Å². The molecule has 5 heteroatoms.